The van der Waals surface area contributed by atoms with Gasteiger partial charge in [-0.3, -0.25) is 14.4 Å². The van der Waals surface area contributed by atoms with Crippen LogP contribution in [0.2, 0.25) is 0 Å². The van der Waals surface area contributed by atoms with Gasteiger partial charge in [-0.1, -0.05) is 0 Å². The van der Waals surface area contributed by atoms with Crippen LogP contribution in [-0.4, -0.2) is 55.7 Å². The van der Waals surface area contributed by atoms with Crippen molar-refractivity contribution in [3.05, 3.63) is 29.8 Å². The number of esters is 1. The standard InChI is InChI=1S/C15H18F2N2O4S/c1-19(2)14(21)8-18-13(20)9-23-15(22)5-6-24-10-3-4-11(16)12(17)7-10/h3-4,7H,5-6,8-9H2,1-2H3,(H,18,20). The molecular formula is C15H18F2N2O4S. The van der Waals surface area contributed by atoms with E-state index in [1.807, 2.05) is 0 Å². The lowest BCUT2D eigenvalue weighted by Gasteiger charge is -2.11. The summed E-state index contributed by atoms with van der Waals surface area (Å²) >= 11 is 1.17. The summed E-state index contributed by atoms with van der Waals surface area (Å²) in [5.74, 6) is -3.04. The summed E-state index contributed by atoms with van der Waals surface area (Å²) in [4.78, 5) is 35.9. The number of rotatable bonds is 8. The van der Waals surface area contributed by atoms with Gasteiger partial charge in [-0.25, -0.2) is 8.78 Å². The highest BCUT2D eigenvalue weighted by atomic mass is 32.2. The average Bonchev–Trinajstić information content (AvgIpc) is 2.53. The minimum absolute atomic E-state index is 0.00751. The lowest BCUT2D eigenvalue weighted by molar-refractivity contribution is -0.148. The Kier molecular flexibility index (Phi) is 8.17. The number of carbonyl (C=O) groups is 3. The Labute approximate surface area is 142 Å². The quantitative estimate of drug-likeness (QED) is 0.557. The largest absolute Gasteiger partial charge is 0.456 e. The molecule has 6 nitrogen and oxygen atoms in total. The Morgan fingerprint density at radius 3 is 2.54 bits per heavy atom. The normalized spacial score (nSPS) is 10.2. The molecule has 0 aliphatic rings. The molecular weight excluding hydrogens is 342 g/mol. The Balaban J connectivity index is 2.20. The van der Waals surface area contributed by atoms with Gasteiger partial charge in [0.1, 0.15) is 0 Å². The number of halogens is 2. The third-order valence-electron chi connectivity index (χ3n) is 2.77. The van der Waals surface area contributed by atoms with Crippen molar-refractivity contribution in [3.63, 3.8) is 0 Å². The number of carbonyl (C=O) groups excluding carboxylic acids is 3. The second-order valence-corrected chi connectivity index (χ2v) is 6.07. The number of hydrogen-bond donors (Lipinski definition) is 1. The minimum atomic E-state index is -0.952. The molecule has 0 saturated heterocycles. The fraction of sp³-hybridized carbons (Fsp3) is 0.400. The van der Waals surface area contributed by atoms with Gasteiger partial charge in [-0.05, 0) is 18.2 Å². The van der Waals surface area contributed by atoms with Crippen molar-refractivity contribution in [1.82, 2.24) is 10.2 Å². The summed E-state index contributed by atoms with van der Waals surface area (Å²) in [7, 11) is 3.11. The van der Waals surface area contributed by atoms with Crippen molar-refractivity contribution in [2.24, 2.45) is 0 Å². The molecule has 0 saturated carbocycles. The molecule has 0 aliphatic carbocycles. The molecule has 0 heterocycles. The summed E-state index contributed by atoms with van der Waals surface area (Å²) in [6, 6.07) is 3.46. The number of likely N-dealkylation sites (N-methyl/N-ethyl adjacent to an activating group) is 1. The third-order valence-corrected chi connectivity index (χ3v) is 3.76. The smallest absolute Gasteiger partial charge is 0.307 e. The minimum Gasteiger partial charge on any atom is -0.456 e. The first-order valence-corrected chi connectivity index (χ1v) is 7.98. The highest BCUT2D eigenvalue weighted by molar-refractivity contribution is 7.99. The van der Waals surface area contributed by atoms with Crippen molar-refractivity contribution in [3.8, 4) is 0 Å². The molecule has 1 N–H and O–H groups in total. The molecule has 0 spiro atoms. The van der Waals surface area contributed by atoms with E-state index in [1.54, 1.807) is 14.1 Å². The molecule has 1 rings (SSSR count). The van der Waals surface area contributed by atoms with E-state index < -0.39 is 30.1 Å². The highest BCUT2D eigenvalue weighted by Crippen LogP contribution is 2.21. The number of thioether (sulfide) groups is 1. The molecule has 9 heteroatoms. The number of amides is 2. The van der Waals surface area contributed by atoms with E-state index in [0.717, 1.165) is 12.1 Å². The number of nitrogens with zero attached hydrogens (tertiary/aromatic N) is 1. The van der Waals surface area contributed by atoms with Crippen molar-refractivity contribution in [2.45, 2.75) is 11.3 Å². The van der Waals surface area contributed by atoms with Gasteiger partial charge >= 0.3 is 5.97 Å². The SMILES string of the molecule is CN(C)C(=O)CNC(=O)COC(=O)CCSc1ccc(F)c(F)c1. The Bertz CT molecular complexity index is 611. The lowest BCUT2D eigenvalue weighted by Crippen LogP contribution is -2.38. The summed E-state index contributed by atoms with van der Waals surface area (Å²) in [5, 5.41) is 2.32. The molecule has 24 heavy (non-hydrogen) atoms. The van der Waals surface area contributed by atoms with Gasteiger partial charge in [0.25, 0.3) is 5.91 Å². The van der Waals surface area contributed by atoms with Crippen LogP contribution in [0.4, 0.5) is 8.78 Å². The monoisotopic (exact) mass is 360 g/mol. The van der Waals surface area contributed by atoms with Crippen LogP contribution in [-0.2, 0) is 19.1 Å². The summed E-state index contributed by atoms with van der Waals surface area (Å²) in [5.41, 5.74) is 0. The zero-order chi connectivity index (χ0) is 18.1. The van der Waals surface area contributed by atoms with E-state index >= 15 is 0 Å². The predicted octanol–water partition coefficient (Wildman–Crippen LogP) is 1.19. The van der Waals surface area contributed by atoms with Crippen LogP contribution in [0.15, 0.2) is 23.1 Å². The van der Waals surface area contributed by atoms with Crippen LogP contribution in [0, 0.1) is 11.6 Å². The molecule has 0 atom stereocenters. The zero-order valence-corrected chi connectivity index (χ0v) is 14.1. The van der Waals surface area contributed by atoms with Crippen molar-refractivity contribution >= 4 is 29.5 Å². The second-order valence-electron chi connectivity index (χ2n) is 4.90. The van der Waals surface area contributed by atoms with Gasteiger partial charge in [-0.2, -0.15) is 0 Å². The maximum absolute atomic E-state index is 13.0. The molecule has 1 aromatic carbocycles. The molecule has 132 valence electrons. The van der Waals surface area contributed by atoms with Gasteiger partial charge < -0.3 is 15.0 Å². The number of nitrogens with one attached hydrogen (secondary N) is 1. The summed E-state index contributed by atoms with van der Waals surface area (Å²) in [6.45, 7) is -0.648. The molecule has 0 radical (unpaired) electrons. The maximum atomic E-state index is 13.0. The van der Waals surface area contributed by atoms with Gasteiger partial charge in [-0.15, -0.1) is 11.8 Å². The molecule has 0 bridgehead atoms. The van der Waals surface area contributed by atoms with E-state index in [2.05, 4.69) is 5.32 Å². The van der Waals surface area contributed by atoms with E-state index in [9.17, 15) is 23.2 Å². The van der Waals surface area contributed by atoms with Crippen molar-refractivity contribution < 1.29 is 27.9 Å². The number of ether oxygens (including phenoxy) is 1. The Morgan fingerprint density at radius 1 is 1.21 bits per heavy atom. The zero-order valence-electron chi connectivity index (χ0n) is 13.3. The number of hydrogen-bond acceptors (Lipinski definition) is 5. The fourth-order valence-electron chi connectivity index (χ4n) is 1.42. The first kappa shape index (κ1) is 19.9. The second kappa shape index (κ2) is 9.86. The molecule has 2 amide bonds. The first-order chi connectivity index (χ1) is 11.3. The van der Waals surface area contributed by atoms with Crippen LogP contribution in [0.25, 0.3) is 0 Å². The van der Waals surface area contributed by atoms with Crippen LogP contribution in [0.1, 0.15) is 6.42 Å². The molecule has 0 aromatic heterocycles. The molecule has 0 unspecified atom stereocenters. The maximum Gasteiger partial charge on any atom is 0.307 e. The topological polar surface area (TPSA) is 75.7 Å². The van der Waals surface area contributed by atoms with Gasteiger partial charge in [0, 0.05) is 24.7 Å². The average molecular weight is 360 g/mol. The predicted molar refractivity (Wildman–Crippen MR) is 84.4 cm³/mol. The van der Waals surface area contributed by atoms with Crippen LogP contribution in [0.3, 0.4) is 0 Å². The van der Waals surface area contributed by atoms with Crippen LogP contribution in [0.5, 0.6) is 0 Å². The Hall–Kier alpha value is -2.16. The highest BCUT2D eigenvalue weighted by Gasteiger charge is 2.10. The molecule has 0 aliphatic heterocycles. The van der Waals surface area contributed by atoms with Gasteiger partial charge in [0.2, 0.25) is 5.91 Å². The Morgan fingerprint density at radius 2 is 1.92 bits per heavy atom. The van der Waals surface area contributed by atoms with Crippen LogP contribution < -0.4 is 5.32 Å². The van der Waals surface area contributed by atoms with Crippen LogP contribution >= 0.6 is 11.8 Å². The lowest BCUT2D eigenvalue weighted by atomic mass is 10.3. The van der Waals surface area contributed by atoms with E-state index in [1.165, 1.54) is 22.7 Å². The third kappa shape index (κ3) is 7.40. The first-order valence-electron chi connectivity index (χ1n) is 7.00. The van der Waals surface area contributed by atoms with Crippen molar-refractivity contribution in [2.75, 3.05) is 33.0 Å². The van der Waals surface area contributed by atoms with Crippen molar-refractivity contribution in [1.29, 1.82) is 0 Å². The van der Waals surface area contributed by atoms with E-state index in [0.29, 0.717) is 10.6 Å². The summed E-state index contributed by atoms with van der Waals surface area (Å²) < 4.78 is 30.5. The van der Waals surface area contributed by atoms with E-state index in [-0.39, 0.29) is 18.9 Å². The van der Waals surface area contributed by atoms with E-state index in [4.69, 9.17) is 4.74 Å². The molecule has 1 aromatic rings. The summed E-state index contributed by atoms with van der Waals surface area (Å²) in [6.07, 6.45) is 0.00751. The fourth-order valence-corrected chi connectivity index (χ4v) is 2.28. The number of benzene rings is 1. The van der Waals surface area contributed by atoms with Gasteiger partial charge in [0.15, 0.2) is 18.2 Å². The van der Waals surface area contributed by atoms with Gasteiger partial charge in [0.05, 0.1) is 13.0 Å². The molecule has 0 fully saturated rings.